The van der Waals surface area contributed by atoms with E-state index in [9.17, 15) is 18.4 Å². The van der Waals surface area contributed by atoms with E-state index >= 15 is 0 Å². The van der Waals surface area contributed by atoms with Gasteiger partial charge in [-0.25, -0.2) is 4.79 Å². The Kier molecular flexibility index (Phi) is 6.08. The van der Waals surface area contributed by atoms with Gasteiger partial charge in [-0.1, -0.05) is 19.1 Å². The summed E-state index contributed by atoms with van der Waals surface area (Å²) in [6.45, 7) is -0.0301. The zero-order valence-electron chi connectivity index (χ0n) is 15.4. The molecule has 0 atom stereocenters. The van der Waals surface area contributed by atoms with Crippen LogP contribution in [-0.4, -0.2) is 21.7 Å². The second kappa shape index (κ2) is 8.69. The molecule has 0 unspecified atom stereocenters. The lowest BCUT2D eigenvalue weighted by Gasteiger charge is -2.08. The Balaban J connectivity index is 1.68. The lowest BCUT2D eigenvalue weighted by molar-refractivity contribution is -0.116. The summed E-state index contributed by atoms with van der Waals surface area (Å²) in [5.74, 6) is -0.259. The molecule has 2 aromatic carbocycles. The van der Waals surface area contributed by atoms with Crippen LogP contribution in [0.25, 0.3) is 11.0 Å². The summed E-state index contributed by atoms with van der Waals surface area (Å²) in [7, 11) is 0. The Morgan fingerprint density at radius 3 is 2.21 bits per heavy atom. The number of alkyl halides is 2. The van der Waals surface area contributed by atoms with Gasteiger partial charge < -0.3 is 10.1 Å². The number of hydrogen-bond acceptors (Lipinski definition) is 3. The minimum atomic E-state index is -2.89. The number of nitrogens with one attached hydrogen (secondary N) is 1. The van der Waals surface area contributed by atoms with Crippen LogP contribution in [0.3, 0.4) is 0 Å². The number of para-hydroxylation sites is 2. The Labute approximate surface area is 160 Å². The summed E-state index contributed by atoms with van der Waals surface area (Å²) in [4.78, 5) is 24.9. The number of carbonyl (C=O) groups excluding carboxylic acids is 1. The van der Waals surface area contributed by atoms with Gasteiger partial charge in [0.05, 0.1) is 11.0 Å². The van der Waals surface area contributed by atoms with Crippen molar-refractivity contribution in [3.05, 3.63) is 59.0 Å². The average molecular weight is 389 g/mol. The standard InChI is InChI=1S/C20H21F2N3O3/c1-2-12-24-16-5-3-4-6-17(16)25(20(24)27)13-11-18(26)23-14-7-9-15(10-8-14)28-19(21)22/h3-10,19H,2,11-13H2,1H3,(H,23,26). The van der Waals surface area contributed by atoms with Crippen molar-refractivity contribution in [3.63, 3.8) is 0 Å². The first kappa shape index (κ1) is 19.6. The maximum Gasteiger partial charge on any atom is 0.387 e. The topological polar surface area (TPSA) is 65.3 Å². The Morgan fingerprint density at radius 2 is 1.64 bits per heavy atom. The summed E-state index contributed by atoms with van der Waals surface area (Å²) < 4.78 is 31.9. The van der Waals surface area contributed by atoms with Crippen molar-refractivity contribution in [1.29, 1.82) is 0 Å². The van der Waals surface area contributed by atoms with Gasteiger partial charge in [0, 0.05) is 25.2 Å². The molecule has 0 aliphatic carbocycles. The molecule has 1 heterocycles. The molecule has 1 aromatic heterocycles. The molecule has 0 radical (unpaired) electrons. The lowest BCUT2D eigenvalue weighted by atomic mass is 10.3. The highest BCUT2D eigenvalue weighted by Crippen LogP contribution is 2.18. The van der Waals surface area contributed by atoms with Gasteiger partial charge in [-0.05, 0) is 42.8 Å². The number of ether oxygens (including phenoxy) is 1. The summed E-state index contributed by atoms with van der Waals surface area (Å²) >= 11 is 0. The van der Waals surface area contributed by atoms with E-state index in [1.165, 1.54) is 24.3 Å². The largest absolute Gasteiger partial charge is 0.435 e. The van der Waals surface area contributed by atoms with Crippen molar-refractivity contribution >= 4 is 22.6 Å². The first-order valence-corrected chi connectivity index (χ1v) is 9.02. The fourth-order valence-electron chi connectivity index (χ4n) is 3.08. The van der Waals surface area contributed by atoms with Crippen LogP contribution in [0.4, 0.5) is 14.5 Å². The Hall–Kier alpha value is -3.16. The summed E-state index contributed by atoms with van der Waals surface area (Å²) in [6, 6.07) is 13.2. The number of aryl methyl sites for hydroxylation is 2. The SMILES string of the molecule is CCCn1c(=O)n(CCC(=O)Nc2ccc(OC(F)F)cc2)c2ccccc21. The normalized spacial score (nSPS) is 11.1. The average Bonchev–Trinajstić information content (AvgIpc) is 2.93. The molecule has 0 aliphatic rings. The molecule has 0 bridgehead atoms. The summed E-state index contributed by atoms with van der Waals surface area (Å²) in [6.07, 6.45) is 0.939. The van der Waals surface area contributed by atoms with E-state index in [0.29, 0.717) is 12.2 Å². The minimum absolute atomic E-state index is 0.0169. The van der Waals surface area contributed by atoms with Gasteiger partial charge in [-0.15, -0.1) is 0 Å². The molecule has 0 spiro atoms. The van der Waals surface area contributed by atoms with E-state index in [4.69, 9.17) is 0 Å². The second-order valence-electron chi connectivity index (χ2n) is 6.28. The van der Waals surface area contributed by atoms with Crippen LogP contribution in [0.15, 0.2) is 53.3 Å². The minimum Gasteiger partial charge on any atom is -0.435 e. The van der Waals surface area contributed by atoms with Crippen molar-refractivity contribution in [1.82, 2.24) is 9.13 Å². The van der Waals surface area contributed by atoms with E-state index < -0.39 is 6.61 Å². The number of anilines is 1. The second-order valence-corrected chi connectivity index (χ2v) is 6.28. The van der Waals surface area contributed by atoms with Crippen molar-refractivity contribution in [2.45, 2.75) is 39.5 Å². The number of imidazole rings is 1. The van der Waals surface area contributed by atoms with Crippen LogP contribution >= 0.6 is 0 Å². The molecule has 3 rings (SSSR count). The van der Waals surface area contributed by atoms with E-state index in [1.54, 1.807) is 9.13 Å². The van der Waals surface area contributed by atoms with Crippen LogP contribution in [0.1, 0.15) is 19.8 Å². The van der Waals surface area contributed by atoms with Crippen LogP contribution in [0.2, 0.25) is 0 Å². The molecule has 0 saturated heterocycles. The number of carbonyl (C=O) groups is 1. The predicted molar refractivity (Wildman–Crippen MR) is 103 cm³/mol. The van der Waals surface area contributed by atoms with Gasteiger partial charge in [-0.2, -0.15) is 8.78 Å². The molecule has 28 heavy (non-hydrogen) atoms. The molecule has 148 valence electrons. The lowest BCUT2D eigenvalue weighted by Crippen LogP contribution is -2.26. The monoisotopic (exact) mass is 389 g/mol. The van der Waals surface area contributed by atoms with E-state index in [1.807, 2.05) is 31.2 Å². The molecule has 1 N–H and O–H groups in total. The van der Waals surface area contributed by atoms with Gasteiger partial charge >= 0.3 is 12.3 Å². The van der Waals surface area contributed by atoms with Crippen LogP contribution in [0, 0.1) is 0 Å². The highest BCUT2D eigenvalue weighted by atomic mass is 19.3. The van der Waals surface area contributed by atoms with Gasteiger partial charge in [0.15, 0.2) is 0 Å². The number of nitrogens with zero attached hydrogens (tertiary/aromatic N) is 2. The van der Waals surface area contributed by atoms with E-state index in [2.05, 4.69) is 10.1 Å². The molecular formula is C20H21F2N3O3. The summed E-state index contributed by atoms with van der Waals surface area (Å²) in [5.41, 5.74) is 1.98. The smallest absolute Gasteiger partial charge is 0.387 e. The molecule has 0 fully saturated rings. The quantitative estimate of drug-likeness (QED) is 0.637. The van der Waals surface area contributed by atoms with Crippen molar-refractivity contribution < 1.29 is 18.3 Å². The number of rotatable bonds is 8. The van der Waals surface area contributed by atoms with Crippen LogP contribution in [-0.2, 0) is 17.9 Å². The third-order valence-electron chi connectivity index (χ3n) is 4.30. The number of halogens is 2. The Bertz CT molecular complexity index is 1010. The zero-order valence-corrected chi connectivity index (χ0v) is 15.4. The molecule has 8 heteroatoms. The van der Waals surface area contributed by atoms with Crippen molar-refractivity contribution in [2.75, 3.05) is 5.32 Å². The maximum atomic E-state index is 12.7. The number of hydrogen-bond donors (Lipinski definition) is 1. The fourth-order valence-corrected chi connectivity index (χ4v) is 3.08. The highest BCUT2D eigenvalue weighted by molar-refractivity contribution is 5.90. The molecule has 0 saturated carbocycles. The molecule has 0 aliphatic heterocycles. The first-order valence-electron chi connectivity index (χ1n) is 9.02. The van der Waals surface area contributed by atoms with Crippen molar-refractivity contribution in [2.24, 2.45) is 0 Å². The van der Waals surface area contributed by atoms with E-state index in [-0.39, 0.29) is 30.3 Å². The third kappa shape index (κ3) is 4.39. The molecule has 6 nitrogen and oxygen atoms in total. The molecular weight excluding hydrogens is 368 g/mol. The molecule has 3 aromatic rings. The molecule has 1 amide bonds. The maximum absolute atomic E-state index is 12.7. The Morgan fingerprint density at radius 1 is 1.04 bits per heavy atom. The fraction of sp³-hybridized carbons (Fsp3) is 0.300. The van der Waals surface area contributed by atoms with Gasteiger partial charge in [0.2, 0.25) is 5.91 Å². The van der Waals surface area contributed by atoms with Gasteiger partial charge in [0.1, 0.15) is 5.75 Å². The van der Waals surface area contributed by atoms with Crippen LogP contribution < -0.4 is 15.7 Å². The highest BCUT2D eigenvalue weighted by Gasteiger charge is 2.13. The predicted octanol–water partition coefficient (Wildman–Crippen LogP) is 3.84. The zero-order chi connectivity index (χ0) is 20.1. The third-order valence-corrected chi connectivity index (χ3v) is 4.30. The number of benzene rings is 2. The number of aromatic nitrogens is 2. The van der Waals surface area contributed by atoms with Gasteiger partial charge in [0.25, 0.3) is 0 Å². The number of fused-ring (bicyclic) bond motifs is 1. The first-order chi connectivity index (χ1) is 13.5. The van der Waals surface area contributed by atoms with Crippen molar-refractivity contribution in [3.8, 4) is 5.75 Å². The number of amides is 1. The summed E-state index contributed by atoms with van der Waals surface area (Å²) in [5, 5.41) is 2.69. The van der Waals surface area contributed by atoms with Crippen LogP contribution in [0.5, 0.6) is 5.75 Å². The van der Waals surface area contributed by atoms with Gasteiger partial charge in [-0.3, -0.25) is 13.9 Å². The van der Waals surface area contributed by atoms with E-state index in [0.717, 1.165) is 17.5 Å².